The van der Waals surface area contributed by atoms with Crippen LogP contribution in [0.3, 0.4) is 0 Å². The third-order valence-corrected chi connectivity index (χ3v) is 6.61. The van der Waals surface area contributed by atoms with E-state index in [0.29, 0.717) is 0 Å². The molecule has 0 saturated carbocycles. The van der Waals surface area contributed by atoms with Gasteiger partial charge in [0.2, 0.25) is 0 Å². The van der Waals surface area contributed by atoms with Crippen LogP contribution in [0.2, 0.25) is 5.02 Å². The number of carbonyl (C=O) groups excluding carboxylic acids is 1. The number of hydrogen-bond acceptors (Lipinski definition) is 3. The molecule has 32 heavy (non-hydrogen) atoms. The quantitative estimate of drug-likeness (QED) is 0.479. The molecule has 0 aliphatic rings. The first-order valence-corrected chi connectivity index (χ1v) is 10.7. The van der Waals surface area contributed by atoms with E-state index in [0.717, 1.165) is 46.8 Å². The Labute approximate surface area is 186 Å². The molecule has 3 rings (SSSR count). The summed E-state index contributed by atoms with van der Waals surface area (Å²) < 4.78 is 78.0. The van der Waals surface area contributed by atoms with Crippen LogP contribution in [-0.4, -0.2) is 21.4 Å². The molecule has 0 saturated heterocycles. The van der Waals surface area contributed by atoms with Gasteiger partial charge >= 0.3 is 6.18 Å². The Balaban J connectivity index is 1.87. The molecule has 1 N–H and O–H groups in total. The van der Waals surface area contributed by atoms with Crippen LogP contribution in [0.25, 0.3) is 0 Å². The molecule has 0 aromatic heterocycles. The number of benzene rings is 3. The predicted molar refractivity (Wildman–Crippen MR) is 113 cm³/mol. The van der Waals surface area contributed by atoms with Crippen molar-refractivity contribution in [3.8, 4) is 0 Å². The first-order chi connectivity index (χ1) is 14.9. The molecule has 0 aliphatic heterocycles. The highest BCUT2D eigenvalue weighted by Crippen LogP contribution is 2.30. The summed E-state index contributed by atoms with van der Waals surface area (Å²) in [6.07, 6.45) is -4.52. The molecule has 1 amide bonds. The van der Waals surface area contributed by atoms with Crippen molar-refractivity contribution in [3.05, 3.63) is 88.7 Å². The molecule has 0 aliphatic carbocycles. The zero-order valence-corrected chi connectivity index (χ0v) is 17.9. The van der Waals surface area contributed by atoms with Crippen LogP contribution in [0.1, 0.15) is 15.9 Å². The number of amides is 1. The summed E-state index contributed by atoms with van der Waals surface area (Å²) in [5.74, 6) is -1.34. The molecule has 0 atom stereocenters. The van der Waals surface area contributed by atoms with E-state index in [1.165, 1.54) is 31.3 Å². The van der Waals surface area contributed by atoms with Gasteiger partial charge in [-0.05, 0) is 66.7 Å². The van der Waals surface area contributed by atoms with E-state index in [2.05, 4.69) is 5.32 Å². The Morgan fingerprint density at radius 2 is 1.56 bits per heavy atom. The van der Waals surface area contributed by atoms with Crippen LogP contribution in [0.5, 0.6) is 0 Å². The van der Waals surface area contributed by atoms with Crippen LogP contribution in [-0.2, 0) is 16.2 Å². The highest BCUT2D eigenvalue weighted by molar-refractivity contribution is 7.92. The van der Waals surface area contributed by atoms with Gasteiger partial charge in [-0.3, -0.25) is 9.10 Å². The van der Waals surface area contributed by atoms with Gasteiger partial charge in [0.15, 0.2) is 0 Å². The van der Waals surface area contributed by atoms with E-state index < -0.39 is 33.5 Å². The van der Waals surface area contributed by atoms with Gasteiger partial charge < -0.3 is 5.32 Å². The van der Waals surface area contributed by atoms with Gasteiger partial charge in [0, 0.05) is 12.7 Å². The lowest BCUT2D eigenvalue weighted by molar-refractivity contribution is -0.137. The lowest BCUT2D eigenvalue weighted by Gasteiger charge is -2.20. The molecule has 11 heteroatoms. The van der Waals surface area contributed by atoms with Gasteiger partial charge in [-0.15, -0.1) is 0 Å². The number of halogens is 5. The maximum Gasteiger partial charge on any atom is 0.416 e. The van der Waals surface area contributed by atoms with Crippen LogP contribution >= 0.6 is 11.6 Å². The second kappa shape index (κ2) is 8.79. The number of anilines is 2. The molecule has 0 heterocycles. The maximum atomic E-state index is 13.1. The third kappa shape index (κ3) is 5.03. The number of alkyl halides is 3. The average Bonchev–Trinajstić information content (AvgIpc) is 2.73. The minimum Gasteiger partial charge on any atom is -0.322 e. The summed E-state index contributed by atoms with van der Waals surface area (Å²) in [6, 6.07) is 12.0. The van der Waals surface area contributed by atoms with E-state index in [-0.39, 0.29) is 26.9 Å². The summed E-state index contributed by atoms with van der Waals surface area (Å²) in [6.45, 7) is 0. The van der Waals surface area contributed by atoms with E-state index in [1.54, 1.807) is 0 Å². The van der Waals surface area contributed by atoms with Gasteiger partial charge in [-0.2, -0.15) is 13.2 Å². The summed E-state index contributed by atoms with van der Waals surface area (Å²) in [5, 5.41) is 2.33. The van der Waals surface area contributed by atoms with Crippen LogP contribution < -0.4 is 9.62 Å². The molecule has 0 bridgehead atoms. The summed E-state index contributed by atoms with van der Waals surface area (Å²) >= 11 is 6.05. The second-order valence-electron chi connectivity index (χ2n) is 6.62. The number of sulfonamides is 1. The molecule has 3 aromatic carbocycles. The van der Waals surface area contributed by atoms with Crippen LogP contribution in [0.4, 0.5) is 28.9 Å². The molecule has 3 aromatic rings. The number of hydrogen-bond donors (Lipinski definition) is 1. The van der Waals surface area contributed by atoms with Gasteiger partial charge in [0.05, 0.1) is 26.7 Å². The molecule has 0 fully saturated rings. The Bertz CT molecular complexity index is 1250. The molecular formula is C21H15ClF4N2O3S. The van der Waals surface area contributed by atoms with E-state index >= 15 is 0 Å². The Hall–Kier alpha value is -3.11. The standard InChI is InChI=1S/C21H15ClF4N2O3S/c1-28(16-8-4-14(23)5-9-16)32(30,31)17-10-11-19(22)18(12-17)20(29)27-15-6-2-13(3-7-15)21(24,25)26/h2-12H,1H3,(H,27,29). The van der Waals surface area contributed by atoms with Crippen molar-refractivity contribution in [2.45, 2.75) is 11.1 Å². The lowest BCUT2D eigenvalue weighted by atomic mass is 10.1. The van der Waals surface area contributed by atoms with E-state index in [9.17, 15) is 30.8 Å². The summed E-state index contributed by atoms with van der Waals surface area (Å²) in [7, 11) is -2.86. The number of rotatable bonds is 5. The highest BCUT2D eigenvalue weighted by Gasteiger charge is 2.30. The van der Waals surface area contributed by atoms with Gasteiger partial charge in [0.1, 0.15) is 5.82 Å². The minimum atomic E-state index is -4.52. The van der Waals surface area contributed by atoms with Gasteiger partial charge in [-0.1, -0.05) is 11.6 Å². The zero-order valence-electron chi connectivity index (χ0n) is 16.3. The molecule has 0 unspecified atom stereocenters. The topological polar surface area (TPSA) is 66.5 Å². The molecule has 5 nitrogen and oxygen atoms in total. The normalized spacial score (nSPS) is 11.8. The first kappa shape index (κ1) is 23.6. The van der Waals surface area contributed by atoms with Crippen molar-refractivity contribution in [2.75, 3.05) is 16.7 Å². The van der Waals surface area contributed by atoms with Gasteiger partial charge in [0.25, 0.3) is 15.9 Å². The Morgan fingerprint density at radius 1 is 0.969 bits per heavy atom. The SMILES string of the molecule is CN(c1ccc(F)cc1)S(=O)(=O)c1ccc(Cl)c(C(=O)Nc2ccc(C(F)(F)F)cc2)c1. The third-order valence-electron chi connectivity index (χ3n) is 4.50. The average molecular weight is 487 g/mol. The van der Waals surface area contributed by atoms with Crippen molar-refractivity contribution in [1.82, 2.24) is 0 Å². The highest BCUT2D eigenvalue weighted by atomic mass is 35.5. The smallest absolute Gasteiger partial charge is 0.322 e. The number of nitrogens with zero attached hydrogens (tertiary/aromatic N) is 1. The Kier molecular flexibility index (Phi) is 6.47. The molecule has 168 valence electrons. The molecular weight excluding hydrogens is 472 g/mol. The number of nitrogens with one attached hydrogen (secondary N) is 1. The molecule has 0 radical (unpaired) electrons. The van der Waals surface area contributed by atoms with Crippen molar-refractivity contribution in [2.24, 2.45) is 0 Å². The summed E-state index contributed by atoms with van der Waals surface area (Å²) in [5.41, 5.74) is -0.821. The summed E-state index contributed by atoms with van der Waals surface area (Å²) in [4.78, 5) is 12.3. The minimum absolute atomic E-state index is 0.0576. The predicted octanol–water partition coefficient (Wildman–Crippen LogP) is 5.58. The second-order valence-corrected chi connectivity index (χ2v) is 9.00. The van der Waals surface area contributed by atoms with Crippen molar-refractivity contribution >= 4 is 38.9 Å². The van der Waals surface area contributed by atoms with E-state index in [1.807, 2.05) is 0 Å². The first-order valence-electron chi connectivity index (χ1n) is 8.92. The van der Waals surface area contributed by atoms with Gasteiger partial charge in [-0.25, -0.2) is 12.8 Å². The largest absolute Gasteiger partial charge is 0.416 e. The zero-order chi connectivity index (χ0) is 23.7. The van der Waals surface area contributed by atoms with E-state index in [4.69, 9.17) is 11.6 Å². The fraction of sp³-hybridized carbons (Fsp3) is 0.0952. The maximum absolute atomic E-state index is 13.1. The molecule has 0 spiro atoms. The monoisotopic (exact) mass is 486 g/mol. The lowest BCUT2D eigenvalue weighted by Crippen LogP contribution is -2.27. The fourth-order valence-corrected chi connectivity index (χ4v) is 4.15. The number of carbonyl (C=O) groups is 1. The Morgan fingerprint density at radius 3 is 2.12 bits per heavy atom. The van der Waals surface area contributed by atoms with Crippen LogP contribution in [0.15, 0.2) is 71.6 Å². The van der Waals surface area contributed by atoms with Crippen molar-refractivity contribution < 1.29 is 30.8 Å². The van der Waals surface area contributed by atoms with Crippen molar-refractivity contribution in [3.63, 3.8) is 0 Å². The fourth-order valence-electron chi connectivity index (χ4n) is 2.73. The van der Waals surface area contributed by atoms with Crippen molar-refractivity contribution in [1.29, 1.82) is 0 Å². The van der Waals surface area contributed by atoms with Crippen LogP contribution in [0, 0.1) is 5.82 Å².